The predicted molar refractivity (Wildman–Crippen MR) is 50.1 cm³/mol. The molecule has 0 heterocycles. The number of carbonyl (C=O) groups is 1. The molecule has 3 N–H and O–H groups in total. The van der Waals surface area contributed by atoms with Gasteiger partial charge in [0.15, 0.2) is 0 Å². The normalized spacial score (nSPS) is 16.0. The third kappa shape index (κ3) is 8.37. The average molecular weight is 246 g/mol. The van der Waals surface area contributed by atoms with Crippen molar-refractivity contribution >= 4 is 16.9 Å². The molecular formula is C7H13F3N2O2S. The number of nitrogens with one attached hydrogen (secondary N) is 1. The van der Waals surface area contributed by atoms with Crippen molar-refractivity contribution in [2.45, 2.75) is 32.0 Å². The minimum absolute atomic E-state index is 0.156. The maximum atomic E-state index is 11.7. The smallest absolute Gasteiger partial charge is 0.368 e. The van der Waals surface area contributed by atoms with Crippen LogP contribution in [0.15, 0.2) is 0 Å². The van der Waals surface area contributed by atoms with E-state index in [1.165, 1.54) is 6.92 Å². The molecule has 0 aliphatic carbocycles. The topological polar surface area (TPSA) is 72.2 Å². The van der Waals surface area contributed by atoms with Crippen molar-refractivity contribution < 1.29 is 22.2 Å². The first-order chi connectivity index (χ1) is 6.72. The lowest BCUT2D eigenvalue weighted by Crippen LogP contribution is -2.40. The van der Waals surface area contributed by atoms with Gasteiger partial charge >= 0.3 is 6.18 Å². The number of primary amides is 1. The molecule has 15 heavy (non-hydrogen) atoms. The maximum Gasteiger partial charge on any atom is 0.389 e. The van der Waals surface area contributed by atoms with Gasteiger partial charge in [0.25, 0.3) is 0 Å². The fourth-order valence-corrected chi connectivity index (χ4v) is 1.75. The summed E-state index contributed by atoms with van der Waals surface area (Å²) in [4.78, 5) is 10.5. The summed E-state index contributed by atoms with van der Waals surface area (Å²) in [7, 11) is -1.66. The average Bonchev–Trinajstić information content (AvgIpc) is 2.01. The molecule has 0 aromatic rings. The van der Waals surface area contributed by atoms with Gasteiger partial charge in [-0.1, -0.05) is 0 Å². The minimum atomic E-state index is -4.24. The van der Waals surface area contributed by atoms with Crippen LogP contribution in [0.2, 0.25) is 0 Å². The number of alkyl halides is 3. The summed E-state index contributed by atoms with van der Waals surface area (Å²) >= 11 is 0. The lowest BCUT2D eigenvalue weighted by molar-refractivity contribution is -0.134. The lowest BCUT2D eigenvalue weighted by atomic mass is 10.3. The second kappa shape index (κ2) is 6.06. The number of rotatable bonds is 6. The van der Waals surface area contributed by atoms with Crippen molar-refractivity contribution in [2.75, 3.05) is 5.75 Å². The Labute approximate surface area is 88.0 Å². The van der Waals surface area contributed by atoms with E-state index in [9.17, 15) is 22.2 Å². The second-order valence-electron chi connectivity index (χ2n) is 3.01. The third-order valence-corrected chi connectivity index (χ3v) is 2.80. The van der Waals surface area contributed by atoms with Crippen molar-refractivity contribution in [3.8, 4) is 0 Å². The number of carbonyl (C=O) groups excluding carboxylic acids is 1. The summed E-state index contributed by atoms with van der Waals surface area (Å²) in [6, 6.07) is -0.809. The van der Waals surface area contributed by atoms with E-state index in [4.69, 9.17) is 5.73 Å². The molecule has 8 heteroatoms. The Morgan fingerprint density at radius 1 is 1.53 bits per heavy atom. The second-order valence-corrected chi connectivity index (χ2v) is 4.35. The maximum absolute atomic E-state index is 11.7. The largest absolute Gasteiger partial charge is 0.389 e. The summed E-state index contributed by atoms with van der Waals surface area (Å²) in [5, 5.41) is 0. The molecule has 0 fully saturated rings. The van der Waals surface area contributed by atoms with Gasteiger partial charge in [0, 0.05) is 12.2 Å². The summed E-state index contributed by atoms with van der Waals surface area (Å²) in [5.41, 5.74) is 4.87. The quantitative estimate of drug-likeness (QED) is 0.714. The first-order valence-corrected chi connectivity index (χ1v) is 5.55. The first kappa shape index (κ1) is 14.4. The van der Waals surface area contributed by atoms with Crippen LogP contribution in [0.3, 0.4) is 0 Å². The SMILES string of the molecule is C[C@@H](NS(=O)CCCC(F)(F)F)C(N)=O. The predicted octanol–water partition coefficient (Wildman–Crippen LogP) is 0.456. The molecule has 1 amide bonds. The van der Waals surface area contributed by atoms with E-state index in [2.05, 4.69) is 4.72 Å². The summed E-state index contributed by atoms with van der Waals surface area (Å²) in [5.74, 6) is -0.851. The van der Waals surface area contributed by atoms with Gasteiger partial charge in [-0.25, -0.2) is 8.93 Å². The van der Waals surface area contributed by atoms with E-state index in [1.807, 2.05) is 0 Å². The summed E-state index contributed by atoms with van der Waals surface area (Å²) < 4.78 is 48.5. The monoisotopic (exact) mass is 246 g/mol. The highest BCUT2D eigenvalue weighted by molar-refractivity contribution is 7.83. The van der Waals surface area contributed by atoms with E-state index in [1.54, 1.807) is 0 Å². The molecular weight excluding hydrogens is 233 g/mol. The van der Waals surface area contributed by atoms with Crippen molar-refractivity contribution in [3.63, 3.8) is 0 Å². The Balaban J connectivity index is 3.72. The van der Waals surface area contributed by atoms with E-state index in [-0.39, 0.29) is 12.2 Å². The van der Waals surface area contributed by atoms with Gasteiger partial charge in [-0.3, -0.25) is 4.79 Å². The van der Waals surface area contributed by atoms with Crippen molar-refractivity contribution in [3.05, 3.63) is 0 Å². The zero-order chi connectivity index (χ0) is 12.1. The molecule has 0 radical (unpaired) electrons. The zero-order valence-corrected chi connectivity index (χ0v) is 8.95. The molecule has 1 unspecified atom stereocenters. The Kier molecular flexibility index (Phi) is 5.81. The first-order valence-electron chi connectivity index (χ1n) is 4.23. The fourth-order valence-electron chi connectivity index (χ4n) is 0.718. The highest BCUT2D eigenvalue weighted by atomic mass is 32.2. The third-order valence-electron chi connectivity index (χ3n) is 1.52. The Morgan fingerprint density at radius 3 is 2.47 bits per heavy atom. The van der Waals surface area contributed by atoms with E-state index >= 15 is 0 Å². The lowest BCUT2D eigenvalue weighted by Gasteiger charge is -2.09. The molecule has 0 spiro atoms. The van der Waals surface area contributed by atoms with Gasteiger partial charge in [0.05, 0.1) is 17.0 Å². The van der Waals surface area contributed by atoms with E-state index in [0.717, 1.165) is 0 Å². The molecule has 90 valence electrons. The highest BCUT2D eigenvalue weighted by Gasteiger charge is 2.26. The van der Waals surface area contributed by atoms with Crippen molar-refractivity contribution in [2.24, 2.45) is 5.73 Å². The molecule has 0 aliphatic heterocycles. The molecule has 0 saturated heterocycles. The molecule has 4 nitrogen and oxygen atoms in total. The van der Waals surface area contributed by atoms with E-state index < -0.39 is 35.5 Å². The van der Waals surface area contributed by atoms with Gasteiger partial charge < -0.3 is 5.73 Å². The molecule has 0 rings (SSSR count). The number of amides is 1. The van der Waals surface area contributed by atoms with Crippen LogP contribution in [0.25, 0.3) is 0 Å². The number of halogens is 3. The molecule has 2 atom stereocenters. The van der Waals surface area contributed by atoms with Crippen LogP contribution in [0.1, 0.15) is 19.8 Å². The van der Waals surface area contributed by atoms with Crippen LogP contribution in [-0.4, -0.2) is 28.1 Å². The number of hydrogen-bond donors (Lipinski definition) is 2. The molecule has 0 aromatic carbocycles. The van der Waals surface area contributed by atoms with Crippen LogP contribution in [-0.2, 0) is 15.8 Å². The molecule has 0 aliphatic rings. The van der Waals surface area contributed by atoms with Gasteiger partial charge in [-0.2, -0.15) is 13.2 Å². The Morgan fingerprint density at radius 2 is 2.07 bits per heavy atom. The van der Waals surface area contributed by atoms with Crippen LogP contribution < -0.4 is 10.5 Å². The molecule has 0 aromatic heterocycles. The van der Waals surface area contributed by atoms with Crippen LogP contribution in [0.5, 0.6) is 0 Å². The van der Waals surface area contributed by atoms with Gasteiger partial charge in [0.1, 0.15) is 0 Å². The molecule has 0 saturated carbocycles. The van der Waals surface area contributed by atoms with Gasteiger partial charge in [0.2, 0.25) is 5.91 Å². The highest BCUT2D eigenvalue weighted by Crippen LogP contribution is 2.21. The van der Waals surface area contributed by atoms with Crippen molar-refractivity contribution in [1.29, 1.82) is 0 Å². The summed E-state index contributed by atoms with van der Waals surface area (Å²) in [6.45, 7) is 1.39. The summed E-state index contributed by atoms with van der Waals surface area (Å²) in [6.07, 6.45) is -5.46. The van der Waals surface area contributed by atoms with Crippen LogP contribution in [0.4, 0.5) is 13.2 Å². The van der Waals surface area contributed by atoms with E-state index in [0.29, 0.717) is 0 Å². The van der Waals surface area contributed by atoms with Gasteiger partial charge in [-0.05, 0) is 13.3 Å². The van der Waals surface area contributed by atoms with Gasteiger partial charge in [-0.15, -0.1) is 0 Å². The van der Waals surface area contributed by atoms with Crippen LogP contribution >= 0.6 is 0 Å². The Bertz CT molecular complexity index is 245. The standard InChI is InChI=1S/C7H13F3N2O2S/c1-5(6(11)13)12-15(14)4-2-3-7(8,9)10/h5,12H,2-4H2,1H3,(H2,11,13)/t5-,15?/m1/s1. The zero-order valence-electron chi connectivity index (χ0n) is 8.13. The number of hydrogen-bond acceptors (Lipinski definition) is 2. The minimum Gasteiger partial charge on any atom is -0.368 e. The number of nitrogens with two attached hydrogens (primary N) is 1. The Hall–Kier alpha value is -0.630. The van der Waals surface area contributed by atoms with Crippen LogP contribution in [0, 0.1) is 0 Å². The fraction of sp³-hybridized carbons (Fsp3) is 0.857. The molecule has 0 bridgehead atoms. The van der Waals surface area contributed by atoms with Crippen molar-refractivity contribution in [1.82, 2.24) is 4.72 Å².